The standard InChI is InChI=1S/C12H12O2/c1-9(13)14-12-8-4-6-10-5-2-3-7-11(10)12/h2,4-6,8H,3,7H2,1H3. The van der Waals surface area contributed by atoms with E-state index in [1.807, 2.05) is 18.2 Å². The molecule has 0 bridgehead atoms. The van der Waals surface area contributed by atoms with Gasteiger partial charge < -0.3 is 4.74 Å². The Morgan fingerprint density at radius 2 is 2.29 bits per heavy atom. The molecule has 14 heavy (non-hydrogen) atoms. The van der Waals surface area contributed by atoms with Crippen molar-refractivity contribution in [1.29, 1.82) is 0 Å². The SMILES string of the molecule is CC(=O)Oc1cccc2c1CCC=C2. The van der Waals surface area contributed by atoms with Gasteiger partial charge in [0.05, 0.1) is 0 Å². The van der Waals surface area contributed by atoms with Gasteiger partial charge in [-0.15, -0.1) is 0 Å². The topological polar surface area (TPSA) is 26.3 Å². The second kappa shape index (κ2) is 3.66. The van der Waals surface area contributed by atoms with Crippen molar-refractivity contribution in [2.24, 2.45) is 0 Å². The lowest BCUT2D eigenvalue weighted by molar-refractivity contribution is -0.131. The predicted molar refractivity (Wildman–Crippen MR) is 55.1 cm³/mol. The van der Waals surface area contributed by atoms with Crippen molar-refractivity contribution in [3.63, 3.8) is 0 Å². The van der Waals surface area contributed by atoms with Crippen LogP contribution in [0.4, 0.5) is 0 Å². The van der Waals surface area contributed by atoms with Gasteiger partial charge in [0.15, 0.2) is 0 Å². The lowest BCUT2D eigenvalue weighted by Crippen LogP contribution is -2.06. The van der Waals surface area contributed by atoms with Crippen molar-refractivity contribution < 1.29 is 9.53 Å². The molecule has 1 aromatic carbocycles. The fourth-order valence-electron chi connectivity index (χ4n) is 1.69. The summed E-state index contributed by atoms with van der Waals surface area (Å²) in [7, 11) is 0. The van der Waals surface area contributed by atoms with Crippen LogP contribution in [0, 0.1) is 0 Å². The fourth-order valence-corrected chi connectivity index (χ4v) is 1.69. The molecule has 0 saturated heterocycles. The van der Waals surface area contributed by atoms with Crippen molar-refractivity contribution in [2.45, 2.75) is 19.8 Å². The van der Waals surface area contributed by atoms with Crippen molar-refractivity contribution in [3.8, 4) is 5.75 Å². The Morgan fingerprint density at radius 3 is 3.07 bits per heavy atom. The van der Waals surface area contributed by atoms with E-state index in [-0.39, 0.29) is 5.97 Å². The molecule has 0 aliphatic heterocycles. The monoisotopic (exact) mass is 188 g/mol. The van der Waals surface area contributed by atoms with Gasteiger partial charge in [0.2, 0.25) is 0 Å². The number of fused-ring (bicyclic) bond motifs is 1. The van der Waals surface area contributed by atoms with E-state index in [0.717, 1.165) is 24.0 Å². The number of hydrogen-bond donors (Lipinski definition) is 0. The first-order valence-corrected chi connectivity index (χ1v) is 4.74. The van der Waals surface area contributed by atoms with Crippen LogP contribution in [0.2, 0.25) is 0 Å². The molecule has 0 radical (unpaired) electrons. The fraction of sp³-hybridized carbons (Fsp3) is 0.250. The third kappa shape index (κ3) is 1.69. The maximum Gasteiger partial charge on any atom is 0.308 e. The summed E-state index contributed by atoms with van der Waals surface area (Å²) in [5.74, 6) is 0.451. The Labute approximate surface area is 83.2 Å². The number of hydrogen-bond acceptors (Lipinski definition) is 2. The van der Waals surface area contributed by atoms with E-state index >= 15 is 0 Å². The number of ether oxygens (including phenoxy) is 1. The number of esters is 1. The van der Waals surface area contributed by atoms with Gasteiger partial charge in [-0.3, -0.25) is 4.79 Å². The molecule has 0 amide bonds. The molecule has 0 heterocycles. The van der Waals surface area contributed by atoms with Crippen LogP contribution in [0.25, 0.3) is 6.08 Å². The molecule has 0 fully saturated rings. The van der Waals surface area contributed by atoms with Crippen LogP contribution in [0.3, 0.4) is 0 Å². The quantitative estimate of drug-likeness (QED) is 0.500. The van der Waals surface area contributed by atoms with E-state index in [1.54, 1.807) is 0 Å². The van der Waals surface area contributed by atoms with Crippen LogP contribution in [0.1, 0.15) is 24.5 Å². The Morgan fingerprint density at radius 1 is 1.43 bits per heavy atom. The second-order valence-electron chi connectivity index (χ2n) is 3.36. The number of rotatable bonds is 1. The molecule has 2 heteroatoms. The largest absolute Gasteiger partial charge is 0.426 e. The summed E-state index contributed by atoms with van der Waals surface area (Å²) in [5, 5.41) is 0. The Hall–Kier alpha value is -1.57. The first-order chi connectivity index (χ1) is 6.77. The molecular weight excluding hydrogens is 176 g/mol. The molecule has 0 saturated carbocycles. The van der Waals surface area contributed by atoms with E-state index in [4.69, 9.17) is 4.74 Å². The zero-order chi connectivity index (χ0) is 9.97. The molecule has 1 aliphatic carbocycles. The maximum absolute atomic E-state index is 10.9. The van der Waals surface area contributed by atoms with Crippen LogP contribution in [-0.2, 0) is 11.2 Å². The summed E-state index contributed by atoms with van der Waals surface area (Å²) >= 11 is 0. The van der Waals surface area contributed by atoms with Gasteiger partial charge in [0.1, 0.15) is 5.75 Å². The van der Waals surface area contributed by atoms with Crippen molar-refractivity contribution in [2.75, 3.05) is 0 Å². The highest BCUT2D eigenvalue weighted by Crippen LogP contribution is 2.28. The minimum atomic E-state index is -0.257. The van der Waals surface area contributed by atoms with E-state index in [2.05, 4.69) is 12.2 Å². The molecule has 1 aromatic rings. The minimum absolute atomic E-state index is 0.257. The minimum Gasteiger partial charge on any atom is -0.426 e. The summed E-state index contributed by atoms with van der Waals surface area (Å²) in [5.41, 5.74) is 2.31. The van der Waals surface area contributed by atoms with Gasteiger partial charge in [-0.25, -0.2) is 0 Å². The van der Waals surface area contributed by atoms with Crippen molar-refractivity contribution in [3.05, 3.63) is 35.4 Å². The summed E-state index contributed by atoms with van der Waals surface area (Å²) < 4.78 is 5.14. The van der Waals surface area contributed by atoms with Gasteiger partial charge in [-0.2, -0.15) is 0 Å². The Kier molecular flexibility index (Phi) is 2.35. The number of allylic oxidation sites excluding steroid dienone is 1. The van der Waals surface area contributed by atoms with Crippen molar-refractivity contribution >= 4 is 12.0 Å². The van der Waals surface area contributed by atoms with Gasteiger partial charge in [0.25, 0.3) is 0 Å². The Bertz CT molecular complexity index is 391. The number of carbonyl (C=O) groups is 1. The first kappa shape index (κ1) is 9.00. The number of carbonyl (C=O) groups excluding carboxylic acids is 1. The highest BCUT2D eigenvalue weighted by molar-refractivity contribution is 5.71. The highest BCUT2D eigenvalue weighted by Gasteiger charge is 2.11. The molecule has 0 spiro atoms. The van der Waals surface area contributed by atoms with Gasteiger partial charge >= 0.3 is 5.97 Å². The highest BCUT2D eigenvalue weighted by atomic mass is 16.5. The van der Waals surface area contributed by atoms with Crippen LogP contribution >= 0.6 is 0 Å². The summed E-state index contributed by atoms with van der Waals surface area (Å²) in [4.78, 5) is 10.9. The predicted octanol–water partition coefficient (Wildman–Crippen LogP) is 2.57. The van der Waals surface area contributed by atoms with Crippen molar-refractivity contribution in [1.82, 2.24) is 0 Å². The summed E-state index contributed by atoms with van der Waals surface area (Å²) in [6.07, 6.45) is 6.19. The van der Waals surface area contributed by atoms with Crippen LogP contribution in [-0.4, -0.2) is 5.97 Å². The van der Waals surface area contributed by atoms with Crippen LogP contribution in [0.5, 0.6) is 5.75 Å². The summed E-state index contributed by atoms with van der Waals surface area (Å²) in [6, 6.07) is 5.80. The van der Waals surface area contributed by atoms with Crippen LogP contribution < -0.4 is 4.74 Å². The molecule has 0 aromatic heterocycles. The zero-order valence-electron chi connectivity index (χ0n) is 8.12. The molecule has 0 N–H and O–H groups in total. The third-order valence-corrected chi connectivity index (χ3v) is 2.28. The zero-order valence-corrected chi connectivity index (χ0v) is 8.12. The number of benzene rings is 1. The Balaban J connectivity index is 2.41. The maximum atomic E-state index is 10.9. The average Bonchev–Trinajstić information content (AvgIpc) is 2.18. The lowest BCUT2D eigenvalue weighted by atomic mass is 9.97. The summed E-state index contributed by atoms with van der Waals surface area (Å²) in [6.45, 7) is 1.43. The van der Waals surface area contributed by atoms with Gasteiger partial charge in [-0.1, -0.05) is 24.3 Å². The molecular formula is C12H12O2. The van der Waals surface area contributed by atoms with Gasteiger partial charge in [-0.05, 0) is 24.5 Å². The lowest BCUT2D eigenvalue weighted by Gasteiger charge is -2.14. The first-order valence-electron chi connectivity index (χ1n) is 4.74. The van der Waals surface area contributed by atoms with Gasteiger partial charge in [0, 0.05) is 12.5 Å². The second-order valence-corrected chi connectivity index (χ2v) is 3.36. The van der Waals surface area contributed by atoms with E-state index in [1.165, 1.54) is 6.92 Å². The normalized spacial score (nSPS) is 13.5. The average molecular weight is 188 g/mol. The molecule has 72 valence electrons. The molecule has 2 nitrogen and oxygen atoms in total. The van der Waals surface area contributed by atoms with E-state index in [9.17, 15) is 4.79 Å². The smallest absolute Gasteiger partial charge is 0.308 e. The molecule has 1 aliphatic rings. The molecule has 2 rings (SSSR count). The molecule has 0 unspecified atom stereocenters. The van der Waals surface area contributed by atoms with E-state index < -0.39 is 0 Å². The third-order valence-electron chi connectivity index (χ3n) is 2.28. The van der Waals surface area contributed by atoms with E-state index in [0.29, 0.717) is 5.75 Å². The molecule has 0 atom stereocenters. The van der Waals surface area contributed by atoms with Crippen LogP contribution in [0.15, 0.2) is 24.3 Å².